The Labute approximate surface area is 174 Å². The van der Waals surface area contributed by atoms with Crippen molar-refractivity contribution in [3.63, 3.8) is 0 Å². The minimum Gasteiger partial charge on any atom is -0.382 e. The molecule has 2 rings (SSSR count). The van der Waals surface area contributed by atoms with Gasteiger partial charge in [0, 0.05) is 18.2 Å². The van der Waals surface area contributed by atoms with Crippen LogP contribution in [0.1, 0.15) is 48.7 Å². The van der Waals surface area contributed by atoms with E-state index in [4.69, 9.17) is 4.18 Å². The van der Waals surface area contributed by atoms with Crippen LogP contribution in [0.5, 0.6) is 5.75 Å². The molecule has 1 unspecified atom stereocenters. The molecule has 0 saturated carbocycles. The molecule has 0 saturated heterocycles. The molecule has 2 aromatic rings. The van der Waals surface area contributed by atoms with E-state index >= 15 is 0 Å². The first kappa shape index (κ1) is 23.7. The van der Waals surface area contributed by atoms with Gasteiger partial charge in [-0.15, -0.1) is 0 Å². The van der Waals surface area contributed by atoms with Crippen molar-refractivity contribution in [2.24, 2.45) is 0 Å². The summed E-state index contributed by atoms with van der Waals surface area (Å²) in [6, 6.07) is 10.3. The molecule has 0 fully saturated rings. The van der Waals surface area contributed by atoms with Gasteiger partial charge >= 0.3 is 16.3 Å². The van der Waals surface area contributed by atoms with E-state index in [1.807, 2.05) is 13.8 Å². The standard InChI is InChI=1S/C21H24F3NO4S/c1-4-15(3)25(20(26)17-7-6-8-18(13-17)21(22,23)24)14-16-9-11-19(12-10-16)29-30(27,28)5-2/h6-13,15H,4-5,14H2,1-3H3. The van der Waals surface area contributed by atoms with Crippen LogP contribution < -0.4 is 4.18 Å². The van der Waals surface area contributed by atoms with Gasteiger partial charge in [0.1, 0.15) is 5.75 Å². The van der Waals surface area contributed by atoms with Crippen LogP contribution in [-0.4, -0.2) is 31.0 Å². The molecule has 5 nitrogen and oxygen atoms in total. The SMILES string of the molecule is CCC(C)N(Cc1ccc(OS(=O)(=O)CC)cc1)C(=O)c1cccc(C(F)(F)F)c1. The summed E-state index contributed by atoms with van der Waals surface area (Å²) in [5.74, 6) is -0.522. The predicted molar refractivity (Wildman–Crippen MR) is 108 cm³/mol. The maximum atomic E-state index is 13.0. The lowest BCUT2D eigenvalue weighted by Crippen LogP contribution is -2.37. The molecule has 0 aromatic heterocycles. The van der Waals surface area contributed by atoms with Crippen LogP contribution in [-0.2, 0) is 22.8 Å². The van der Waals surface area contributed by atoms with Crippen LogP contribution in [0.2, 0.25) is 0 Å². The van der Waals surface area contributed by atoms with Crippen molar-refractivity contribution in [3.8, 4) is 5.75 Å². The number of halogens is 3. The molecule has 0 heterocycles. The topological polar surface area (TPSA) is 63.7 Å². The molecule has 0 bridgehead atoms. The lowest BCUT2D eigenvalue weighted by molar-refractivity contribution is -0.137. The van der Waals surface area contributed by atoms with E-state index < -0.39 is 27.8 Å². The quantitative estimate of drug-likeness (QED) is 0.546. The van der Waals surface area contributed by atoms with E-state index in [-0.39, 0.29) is 29.7 Å². The van der Waals surface area contributed by atoms with Crippen LogP contribution in [0.3, 0.4) is 0 Å². The third-order valence-corrected chi connectivity index (χ3v) is 5.83. The molecule has 0 spiro atoms. The van der Waals surface area contributed by atoms with E-state index in [0.717, 1.165) is 12.1 Å². The minimum absolute atomic E-state index is 0.0425. The third-order valence-electron chi connectivity index (χ3n) is 4.67. The Balaban J connectivity index is 2.26. The van der Waals surface area contributed by atoms with E-state index in [2.05, 4.69) is 0 Å². The molecule has 0 N–H and O–H groups in total. The average molecular weight is 443 g/mol. The summed E-state index contributed by atoms with van der Waals surface area (Å²) < 4.78 is 67.0. The van der Waals surface area contributed by atoms with E-state index in [1.165, 1.54) is 36.1 Å². The summed E-state index contributed by atoms with van der Waals surface area (Å²) in [5, 5.41) is 0. The van der Waals surface area contributed by atoms with Crippen molar-refractivity contribution in [1.29, 1.82) is 0 Å². The Morgan fingerprint density at radius 2 is 1.73 bits per heavy atom. The number of amides is 1. The van der Waals surface area contributed by atoms with Crippen molar-refractivity contribution in [3.05, 3.63) is 65.2 Å². The smallest absolute Gasteiger partial charge is 0.382 e. The molecule has 1 atom stereocenters. The van der Waals surface area contributed by atoms with Crippen molar-refractivity contribution in [2.75, 3.05) is 5.75 Å². The van der Waals surface area contributed by atoms with Crippen LogP contribution in [0.4, 0.5) is 13.2 Å². The van der Waals surface area contributed by atoms with Crippen molar-refractivity contribution in [1.82, 2.24) is 4.90 Å². The number of benzene rings is 2. The molecule has 0 aliphatic heterocycles. The fraction of sp³-hybridized carbons (Fsp3) is 0.381. The first-order valence-corrected chi connectivity index (χ1v) is 11.0. The normalized spacial score (nSPS) is 13.0. The zero-order valence-electron chi connectivity index (χ0n) is 16.9. The minimum atomic E-state index is -4.54. The van der Waals surface area contributed by atoms with Crippen LogP contribution in [0.25, 0.3) is 0 Å². The lowest BCUT2D eigenvalue weighted by atomic mass is 10.1. The number of hydrogen-bond donors (Lipinski definition) is 0. The van der Waals surface area contributed by atoms with Gasteiger partial charge in [0.15, 0.2) is 0 Å². The number of hydrogen-bond acceptors (Lipinski definition) is 4. The van der Waals surface area contributed by atoms with Crippen LogP contribution >= 0.6 is 0 Å². The molecule has 2 aromatic carbocycles. The lowest BCUT2D eigenvalue weighted by Gasteiger charge is -2.29. The summed E-state index contributed by atoms with van der Waals surface area (Å²) >= 11 is 0. The van der Waals surface area contributed by atoms with E-state index in [9.17, 15) is 26.4 Å². The monoisotopic (exact) mass is 443 g/mol. The predicted octanol–water partition coefficient (Wildman–Crippen LogP) is 4.87. The molecule has 9 heteroatoms. The molecule has 30 heavy (non-hydrogen) atoms. The van der Waals surface area contributed by atoms with Gasteiger partial charge in [-0.2, -0.15) is 21.6 Å². The first-order valence-electron chi connectivity index (χ1n) is 9.46. The molecule has 0 aliphatic carbocycles. The summed E-state index contributed by atoms with van der Waals surface area (Å²) in [5.41, 5.74) is -0.230. The Kier molecular flexibility index (Phi) is 7.52. The first-order chi connectivity index (χ1) is 14.0. The van der Waals surface area contributed by atoms with Crippen LogP contribution in [0.15, 0.2) is 48.5 Å². The number of nitrogens with zero attached hydrogens (tertiary/aromatic N) is 1. The molecule has 0 aliphatic rings. The van der Waals surface area contributed by atoms with Gasteiger partial charge < -0.3 is 9.08 Å². The Morgan fingerprint density at radius 3 is 2.27 bits per heavy atom. The number of carbonyl (C=O) groups is 1. The van der Waals surface area contributed by atoms with Crippen LogP contribution in [0, 0.1) is 0 Å². The van der Waals surface area contributed by atoms with Crippen molar-refractivity contribution >= 4 is 16.0 Å². The van der Waals surface area contributed by atoms with Gasteiger partial charge in [0.05, 0.1) is 11.3 Å². The number of rotatable bonds is 8. The molecule has 164 valence electrons. The third kappa shape index (κ3) is 6.22. The summed E-state index contributed by atoms with van der Waals surface area (Å²) in [7, 11) is -3.65. The maximum absolute atomic E-state index is 13.0. The number of carbonyl (C=O) groups excluding carboxylic acids is 1. The zero-order chi connectivity index (χ0) is 22.5. The largest absolute Gasteiger partial charge is 0.416 e. The highest BCUT2D eigenvalue weighted by Gasteiger charge is 2.31. The second kappa shape index (κ2) is 9.51. The molecule has 1 amide bonds. The van der Waals surface area contributed by atoms with Crippen molar-refractivity contribution < 1.29 is 30.6 Å². The van der Waals surface area contributed by atoms with Gasteiger partial charge in [0.25, 0.3) is 5.91 Å². The zero-order valence-corrected chi connectivity index (χ0v) is 17.8. The Hall–Kier alpha value is -2.55. The fourth-order valence-electron chi connectivity index (χ4n) is 2.70. The summed E-state index contributed by atoms with van der Waals surface area (Å²) in [6.07, 6.45) is -3.92. The summed E-state index contributed by atoms with van der Waals surface area (Å²) in [6.45, 7) is 5.32. The Bertz CT molecular complexity index is 972. The average Bonchev–Trinajstić information content (AvgIpc) is 2.71. The highest BCUT2D eigenvalue weighted by Crippen LogP contribution is 2.30. The molecular weight excluding hydrogens is 419 g/mol. The van der Waals surface area contributed by atoms with E-state index in [1.54, 1.807) is 12.1 Å². The molecule has 0 radical (unpaired) electrons. The maximum Gasteiger partial charge on any atom is 0.416 e. The highest BCUT2D eigenvalue weighted by atomic mass is 32.2. The van der Waals surface area contributed by atoms with Gasteiger partial charge in [-0.05, 0) is 56.2 Å². The fourth-order valence-corrected chi connectivity index (χ4v) is 3.22. The molecular formula is C21H24F3NO4S. The summed E-state index contributed by atoms with van der Waals surface area (Å²) in [4.78, 5) is 14.5. The second-order valence-corrected chi connectivity index (χ2v) is 8.70. The van der Waals surface area contributed by atoms with E-state index in [0.29, 0.717) is 12.0 Å². The van der Waals surface area contributed by atoms with Gasteiger partial charge in [-0.25, -0.2) is 0 Å². The van der Waals surface area contributed by atoms with Gasteiger partial charge in [0.2, 0.25) is 0 Å². The second-order valence-electron chi connectivity index (χ2n) is 6.84. The Morgan fingerprint density at radius 1 is 1.10 bits per heavy atom. The highest BCUT2D eigenvalue weighted by molar-refractivity contribution is 7.87. The van der Waals surface area contributed by atoms with Gasteiger partial charge in [-0.3, -0.25) is 4.79 Å². The number of alkyl halides is 3. The van der Waals surface area contributed by atoms with Gasteiger partial charge in [-0.1, -0.05) is 25.1 Å². The van der Waals surface area contributed by atoms with Crippen molar-refractivity contribution in [2.45, 2.75) is 46.0 Å².